The minimum Gasteiger partial charge on any atom is -0.489 e. The molecule has 1 unspecified atom stereocenters. The Labute approximate surface area is 215 Å². The first-order chi connectivity index (χ1) is 18.0. The van der Waals surface area contributed by atoms with Crippen LogP contribution in [0.15, 0.2) is 88.1 Å². The molecule has 1 fully saturated rings. The summed E-state index contributed by atoms with van der Waals surface area (Å²) in [4.78, 5) is 28.7. The summed E-state index contributed by atoms with van der Waals surface area (Å²) in [6.07, 6.45) is 0. The number of piperazine rings is 1. The summed E-state index contributed by atoms with van der Waals surface area (Å²) in [5.74, 6) is 0.589. The quantitative estimate of drug-likeness (QED) is 0.362. The SMILES string of the molecule is Cc1cc(=O)oc2cc(OCc3ccc(C(=O)N4CCN(C(C#N)c5ccccc5)CC4)cc3)ccc12. The number of aryl methyl sites for hydroxylation is 1. The summed E-state index contributed by atoms with van der Waals surface area (Å²) < 4.78 is 11.2. The lowest BCUT2D eigenvalue weighted by Gasteiger charge is -2.37. The largest absolute Gasteiger partial charge is 0.489 e. The number of nitriles is 1. The number of fused-ring (bicyclic) bond motifs is 1. The first-order valence-electron chi connectivity index (χ1n) is 12.3. The van der Waals surface area contributed by atoms with Crippen molar-refractivity contribution in [3.63, 3.8) is 0 Å². The van der Waals surface area contributed by atoms with E-state index in [-0.39, 0.29) is 17.6 Å². The fourth-order valence-corrected chi connectivity index (χ4v) is 4.67. The molecule has 0 saturated carbocycles. The molecule has 1 saturated heterocycles. The van der Waals surface area contributed by atoms with E-state index in [4.69, 9.17) is 9.15 Å². The zero-order valence-electron chi connectivity index (χ0n) is 20.6. The maximum Gasteiger partial charge on any atom is 0.336 e. The molecular weight excluding hydrogens is 466 g/mol. The van der Waals surface area contributed by atoms with Crippen molar-refractivity contribution in [2.75, 3.05) is 26.2 Å². The number of amides is 1. The number of rotatable bonds is 6. The van der Waals surface area contributed by atoms with E-state index in [9.17, 15) is 14.9 Å². The number of carbonyl (C=O) groups excluding carboxylic acids is 1. The molecule has 4 aromatic rings. The lowest BCUT2D eigenvalue weighted by atomic mass is 10.1. The second-order valence-corrected chi connectivity index (χ2v) is 9.16. The number of ether oxygens (including phenoxy) is 1. The first-order valence-corrected chi connectivity index (χ1v) is 12.3. The Bertz CT molecular complexity index is 1500. The van der Waals surface area contributed by atoms with Crippen LogP contribution < -0.4 is 10.4 Å². The molecule has 1 aliphatic heterocycles. The van der Waals surface area contributed by atoms with Crippen molar-refractivity contribution in [2.45, 2.75) is 19.6 Å². The average Bonchev–Trinajstić information content (AvgIpc) is 2.93. The molecule has 0 bridgehead atoms. The summed E-state index contributed by atoms with van der Waals surface area (Å²) >= 11 is 0. The van der Waals surface area contributed by atoms with Crippen molar-refractivity contribution in [2.24, 2.45) is 0 Å². The van der Waals surface area contributed by atoms with E-state index in [1.54, 1.807) is 6.07 Å². The number of benzene rings is 3. The Hall–Kier alpha value is -4.41. The van der Waals surface area contributed by atoms with Crippen LogP contribution >= 0.6 is 0 Å². The van der Waals surface area contributed by atoms with E-state index in [1.165, 1.54) is 6.07 Å². The van der Waals surface area contributed by atoms with Gasteiger partial charge in [0.05, 0.1) is 6.07 Å². The Morgan fingerprint density at radius 3 is 2.43 bits per heavy atom. The predicted molar refractivity (Wildman–Crippen MR) is 140 cm³/mol. The molecule has 0 N–H and O–H groups in total. The molecule has 1 aromatic heterocycles. The maximum atomic E-state index is 13.1. The van der Waals surface area contributed by atoms with Crippen LogP contribution in [0, 0.1) is 18.3 Å². The summed E-state index contributed by atoms with van der Waals surface area (Å²) in [7, 11) is 0. The van der Waals surface area contributed by atoms with Crippen molar-refractivity contribution in [1.82, 2.24) is 9.80 Å². The standard InChI is InChI=1S/C30H27N3O4/c1-21-17-29(34)37-28-18-25(11-12-26(21)28)36-20-22-7-9-24(10-8-22)30(35)33-15-13-32(14-16-33)27(19-31)23-5-3-2-4-6-23/h2-12,17-18,27H,13-16,20H2,1H3. The van der Waals surface area contributed by atoms with Crippen molar-refractivity contribution < 1.29 is 13.9 Å². The Kier molecular flexibility index (Phi) is 7.02. The molecule has 0 radical (unpaired) electrons. The van der Waals surface area contributed by atoms with E-state index in [0.29, 0.717) is 49.7 Å². The third-order valence-electron chi connectivity index (χ3n) is 6.73. The third-order valence-corrected chi connectivity index (χ3v) is 6.73. The van der Waals surface area contributed by atoms with Crippen LogP contribution in [0.3, 0.4) is 0 Å². The van der Waals surface area contributed by atoms with Gasteiger partial charge >= 0.3 is 5.63 Å². The smallest absolute Gasteiger partial charge is 0.336 e. The van der Waals surface area contributed by atoms with Crippen molar-refractivity contribution in [1.29, 1.82) is 5.26 Å². The van der Waals surface area contributed by atoms with Gasteiger partial charge in [-0.3, -0.25) is 9.69 Å². The second-order valence-electron chi connectivity index (χ2n) is 9.16. The molecule has 7 nitrogen and oxygen atoms in total. The highest BCUT2D eigenvalue weighted by molar-refractivity contribution is 5.94. The first kappa shape index (κ1) is 24.3. The van der Waals surface area contributed by atoms with E-state index < -0.39 is 0 Å². The van der Waals surface area contributed by atoms with Crippen LogP contribution in [0.5, 0.6) is 5.75 Å². The van der Waals surface area contributed by atoms with Gasteiger partial charge in [0.1, 0.15) is 24.0 Å². The van der Waals surface area contributed by atoms with Crippen LogP contribution in [-0.2, 0) is 6.61 Å². The number of hydrogen-bond donors (Lipinski definition) is 0. The van der Waals surface area contributed by atoms with Gasteiger partial charge in [-0.1, -0.05) is 42.5 Å². The lowest BCUT2D eigenvalue weighted by Crippen LogP contribution is -2.49. The van der Waals surface area contributed by atoms with Crippen molar-refractivity contribution in [3.05, 3.63) is 112 Å². The van der Waals surface area contributed by atoms with E-state index in [2.05, 4.69) is 11.0 Å². The highest BCUT2D eigenvalue weighted by Gasteiger charge is 2.27. The van der Waals surface area contributed by atoms with E-state index in [0.717, 1.165) is 22.1 Å². The van der Waals surface area contributed by atoms with Crippen LogP contribution in [0.25, 0.3) is 11.0 Å². The topological polar surface area (TPSA) is 86.8 Å². The highest BCUT2D eigenvalue weighted by atomic mass is 16.5. The normalized spacial score (nSPS) is 14.8. The van der Waals surface area contributed by atoms with Gasteiger partial charge in [-0.05, 0) is 47.9 Å². The number of hydrogen-bond acceptors (Lipinski definition) is 6. The van der Waals surface area contributed by atoms with Crippen LogP contribution in [0.1, 0.15) is 33.1 Å². The Balaban J connectivity index is 1.17. The molecule has 5 rings (SSSR count). The van der Waals surface area contributed by atoms with Crippen molar-refractivity contribution in [3.8, 4) is 11.8 Å². The van der Waals surface area contributed by atoms with Gasteiger partial charge < -0.3 is 14.1 Å². The molecule has 37 heavy (non-hydrogen) atoms. The van der Waals surface area contributed by atoms with Crippen LogP contribution in [0.4, 0.5) is 0 Å². The number of carbonyl (C=O) groups is 1. The van der Waals surface area contributed by atoms with Gasteiger partial charge in [0, 0.05) is 49.3 Å². The zero-order valence-corrected chi connectivity index (χ0v) is 20.6. The number of nitrogens with zero attached hydrogens (tertiary/aromatic N) is 3. The minimum atomic E-state index is -0.384. The second kappa shape index (κ2) is 10.7. The summed E-state index contributed by atoms with van der Waals surface area (Å²) in [6.45, 7) is 4.64. The summed E-state index contributed by atoms with van der Waals surface area (Å²) in [5, 5.41) is 10.6. The van der Waals surface area contributed by atoms with Crippen LogP contribution in [0.2, 0.25) is 0 Å². The highest BCUT2D eigenvalue weighted by Crippen LogP contribution is 2.24. The van der Waals surface area contributed by atoms with Gasteiger partial charge in [0.15, 0.2) is 0 Å². The summed E-state index contributed by atoms with van der Waals surface area (Å²) in [5.41, 5.74) is 3.50. The average molecular weight is 494 g/mol. The Morgan fingerprint density at radius 2 is 1.73 bits per heavy atom. The van der Waals surface area contributed by atoms with Crippen LogP contribution in [-0.4, -0.2) is 41.9 Å². The molecule has 2 heterocycles. The monoisotopic (exact) mass is 493 g/mol. The van der Waals surface area contributed by atoms with Gasteiger partial charge in [-0.15, -0.1) is 0 Å². The maximum absolute atomic E-state index is 13.1. The van der Waals surface area contributed by atoms with Crippen molar-refractivity contribution >= 4 is 16.9 Å². The minimum absolute atomic E-state index is 0.0136. The molecule has 7 heteroatoms. The molecule has 3 aromatic carbocycles. The molecule has 186 valence electrons. The molecule has 1 aliphatic rings. The van der Waals surface area contributed by atoms with Gasteiger partial charge in [0.25, 0.3) is 5.91 Å². The molecular formula is C30H27N3O4. The molecule has 0 aliphatic carbocycles. The van der Waals surface area contributed by atoms with E-state index >= 15 is 0 Å². The van der Waals surface area contributed by atoms with Gasteiger partial charge in [0.2, 0.25) is 0 Å². The Morgan fingerprint density at radius 1 is 1.00 bits per heavy atom. The lowest BCUT2D eigenvalue weighted by molar-refractivity contribution is 0.0606. The van der Waals surface area contributed by atoms with E-state index in [1.807, 2.05) is 78.6 Å². The third kappa shape index (κ3) is 5.40. The molecule has 1 atom stereocenters. The molecule has 1 amide bonds. The zero-order chi connectivity index (χ0) is 25.8. The summed E-state index contributed by atoms with van der Waals surface area (Å²) in [6, 6.07) is 26.2. The fourth-order valence-electron chi connectivity index (χ4n) is 4.67. The molecule has 0 spiro atoms. The fraction of sp³-hybridized carbons (Fsp3) is 0.233. The van der Waals surface area contributed by atoms with Gasteiger partial charge in [-0.2, -0.15) is 5.26 Å². The van der Waals surface area contributed by atoms with Gasteiger partial charge in [-0.25, -0.2) is 4.79 Å². The predicted octanol–water partition coefficient (Wildman–Crippen LogP) is 4.70.